The number of carbonyl (C=O) groups excluding carboxylic acids is 1. The lowest BCUT2D eigenvalue weighted by atomic mass is 10.2. The molecule has 1 aromatic heterocycles. The number of hydrogen-bond donors (Lipinski definition) is 0. The topological polar surface area (TPSA) is 57.7 Å². The predicted molar refractivity (Wildman–Crippen MR) is 74.5 cm³/mol. The van der Waals surface area contributed by atoms with E-state index < -0.39 is 0 Å². The van der Waals surface area contributed by atoms with E-state index in [2.05, 4.69) is 9.72 Å². The van der Waals surface area contributed by atoms with Crippen molar-refractivity contribution >= 4 is 17.3 Å². The summed E-state index contributed by atoms with van der Waals surface area (Å²) in [4.78, 5) is 16.2. The molecule has 20 heavy (non-hydrogen) atoms. The zero-order chi connectivity index (χ0) is 13.9. The number of esters is 1. The highest BCUT2D eigenvalue weighted by Crippen LogP contribution is 2.35. The van der Waals surface area contributed by atoms with Crippen LogP contribution in [-0.2, 0) is 4.74 Å². The van der Waals surface area contributed by atoms with Crippen molar-refractivity contribution in [3.63, 3.8) is 0 Å². The van der Waals surface area contributed by atoms with Crippen LogP contribution in [-0.4, -0.2) is 31.3 Å². The molecule has 1 aliphatic heterocycles. The summed E-state index contributed by atoms with van der Waals surface area (Å²) in [5.41, 5.74) is 0.898. The van der Waals surface area contributed by atoms with Gasteiger partial charge < -0.3 is 14.2 Å². The van der Waals surface area contributed by atoms with E-state index in [1.807, 2.05) is 18.2 Å². The maximum Gasteiger partial charge on any atom is 0.349 e. The molecular weight excluding hydrogens is 278 g/mol. The molecule has 0 spiro atoms. The Balaban J connectivity index is 1.92. The smallest absolute Gasteiger partial charge is 0.349 e. The Morgan fingerprint density at radius 1 is 1.30 bits per heavy atom. The Morgan fingerprint density at radius 2 is 2.10 bits per heavy atom. The van der Waals surface area contributed by atoms with E-state index in [0.29, 0.717) is 18.1 Å². The fourth-order valence-electron chi connectivity index (χ4n) is 1.90. The quantitative estimate of drug-likeness (QED) is 0.796. The van der Waals surface area contributed by atoms with Crippen LogP contribution in [0.3, 0.4) is 0 Å². The number of hydrogen-bond acceptors (Lipinski definition) is 6. The van der Waals surface area contributed by atoms with Crippen molar-refractivity contribution in [1.82, 2.24) is 4.98 Å². The van der Waals surface area contributed by atoms with Gasteiger partial charge in [0.25, 0.3) is 0 Å². The molecule has 5 nitrogen and oxygen atoms in total. The second-order valence-electron chi connectivity index (χ2n) is 4.23. The number of ether oxygens (including phenoxy) is 3. The summed E-state index contributed by atoms with van der Waals surface area (Å²) < 4.78 is 15.9. The van der Waals surface area contributed by atoms with Crippen molar-refractivity contribution in [1.29, 1.82) is 0 Å². The van der Waals surface area contributed by atoms with Gasteiger partial charge in [0.2, 0.25) is 0 Å². The number of carbonyl (C=O) groups is 1. The van der Waals surface area contributed by atoms with Gasteiger partial charge in [-0.05, 0) is 18.2 Å². The summed E-state index contributed by atoms with van der Waals surface area (Å²) in [5.74, 6) is 1.09. The summed E-state index contributed by atoms with van der Waals surface area (Å²) in [7, 11) is 1.36. The van der Waals surface area contributed by atoms with E-state index in [-0.39, 0.29) is 5.97 Å². The molecule has 0 radical (unpaired) electrons. The molecule has 0 fully saturated rings. The fraction of sp³-hybridized carbons (Fsp3) is 0.286. The standard InChI is InChI=1S/C14H13NO4S/c1-17-14(16)12-8-15-13(20-12)9-3-4-10-11(7-9)19-6-2-5-18-10/h3-4,7-8H,2,5-6H2,1H3. The summed E-state index contributed by atoms with van der Waals surface area (Å²) >= 11 is 1.29. The van der Waals surface area contributed by atoms with E-state index in [0.717, 1.165) is 28.5 Å². The van der Waals surface area contributed by atoms with E-state index in [9.17, 15) is 4.79 Å². The van der Waals surface area contributed by atoms with Crippen molar-refractivity contribution in [2.75, 3.05) is 20.3 Å². The Hall–Kier alpha value is -2.08. The highest BCUT2D eigenvalue weighted by atomic mass is 32.1. The molecule has 0 amide bonds. The van der Waals surface area contributed by atoms with E-state index in [1.165, 1.54) is 24.6 Å². The lowest BCUT2D eigenvalue weighted by Crippen LogP contribution is -1.97. The van der Waals surface area contributed by atoms with Crippen molar-refractivity contribution in [3.8, 4) is 22.1 Å². The second-order valence-corrected chi connectivity index (χ2v) is 5.26. The first-order valence-corrected chi connectivity index (χ1v) is 7.04. The van der Waals surface area contributed by atoms with Gasteiger partial charge in [0.05, 0.1) is 26.5 Å². The lowest BCUT2D eigenvalue weighted by molar-refractivity contribution is 0.0606. The molecule has 0 N–H and O–H groups in total. The lowest BCUT2D eigenvalue weighted by Gasteiger charge is -2.07. The van der Waals surface area contributed by atoms with Crippen molar-refractivity contribution in [2.24, 2.45) is 0 Å². The molecule has 6 heteroatoms. The second kappa shape index (κ2) is 5.50. The van der Waals surface area contributed by atoms with Crippen LogP contribution in [0.1, 0.15) is 16.1 Å². The molecule has 2 aromatic rings. The van der Waals surface area contributed by atoms with Crippen LogP contribution in [0.5, 0.6) is 11.5 Å². The fourth-order valence-corrected chi connectivity index (χ4v) is 2.73. The van der Waals surface area contributed by atoms with Crippen LogP contribution in [0.2, 0.25) is 0 Å². The largest absolute Gasteiger partial charge is 0.490 e. The SMILES string of the molecule is COC(=O)c1cnc(-c2ccc3c(c2)OCCCO3)s1. The minimum Gasteiger partial charge on any atom is -0.490 e. The highest BCUT2D eigenvalue weighted by Gasteiger charge is 2.15. The molecule has 0 unspecified atom stereocenters. The summed E-state index contributed by atoms with van der Waals surface area (Å²) in [6.45, 7) is 1.30. The summed E-state index contributed by atoms with van der Waals surface area (Å²) in [5, 5.41) is 0.751. The molecule has 104 valence electrons. The first-order chi connectivity index (χ1) is 9.78. The van der Waals surface area contributed by atoms with Gasteiger partial charge >= 0.3 is 5.97 Å². The van der Waals surface area contributed by atoms with Gasteiger partial charge in [0, 0.05) is 12.0 Å². The van der Waals surface area contributed by atoms with Gasteiger partial charge in [-0.15, -0.1) is 11.3 Å². The van der Waals surface area contributed by atoms with Crippen LogP contribution < -0.4 is 9.47 Å². The third-order valence-corrected chi connectivity index (χ3v) is 3.91. The minimum atomic E-state index is -0.372. The Kier molecular flexibility index (Phi) is 3.56. The molecule has 0 bridgehead atoms. The predicted octanol–water partition coefficient (Wildman–Crippen LogP) is 2.76. The molecule has 1 aliphatic rings. The van der Waals surface area contributed by atoms with Crippen LogP contribution >= 0.6 is 11.3 Å². The van der Waals surface area contributed by atoms with Crippen LogP contribution in [0.15, 0.2) is 24.4 Å². The number of aromatic nitrogens is 1. The first-order valence-electron chi connectivity index (χ1n) is 6.22. The Morgan fingerprint density at radius 3 is 2.90 bits per heavy atom. The van der Waals surface area contributed by atoms with Gasteiger partial charge in [-0.1, -0.05) is 0 Å². The van der Waals surface area contributed by atoms with Crippen molar-refractivity contribution in [3.05, 3.63) is 29.3 Å². The third-order valence-electron chi connectivity index (χ3n) is 2.89. The van der Waals surface area contributed by atoms with Crippen LogP contribution in [0, 0.1) is 0 Å². The highest BCUT2D eigenvalue weighted by molar-refractivity contribution is 7.16. The number of benzene rings is 1. The monoisotopic (exact) mass is 291 g/mol. The molecular formula is C14H13NO4S. The average Bonchev–Trinajstić information content (AvgIpc) is 2.85. The van der Waals surface area contributed by atoms with Gasteiger partial charge in [0.1, 0.15) is 9.88 Å². The van der Waals surface area contributed by atoms with Crippen molar-refractivity contribution < 1.29 is 19.0 Å². The van der Waals surface area contributed by atoms with Crippen molar-refractivity contribution in [2.45, 2.75) is 6.42 Å². The molecule has 2 heterocycles. The summed E-state index contributed by atoms with van der Waals surface area (Å²) in [6, 6.07) is 5.67. The van der Waals surface area contributed by atoms with Crippen LogP contribution in [0.25, 0.3) is 10.6 Å². The third kappa shape index (κ3) is 2.46. The number of thiazole rings is 1. The number of methoxy groups -OCH3 is 1. The molecule has 0 aliphatic carbocycles. The zero-order valence-corrected chi connectivity index (χ0v) is 11.7. The van der Waals surface area contributed by atoms with E-state index in [1.54, 1.807) is 0 Å². The Bertz CT molecular complexity index is 638. The Labute approximate surface area is 120 Å². The summed E-state index contributed by atoms with van der Waals surface area (Å²) in [6.07, 6.45) is 2.39. The molecule has 1 aromatic carbocycles. The molecule has 3 rings (SSSR count). The molecule has 0 saturated heterocycles. The first kappa shape index (κ1) is 12.9. The van der Waals surface area contributed by atoms with Gasteiger partial charge in [0.15, 0.2) is 11.5 Å². The maximum absolute atomic E-state index is 11.4. The normalized spacial score (nSPS) is 13.7. The van der Waals surface area contributed by atoms with E-state index in [4.69, 9.17) is 9.47 Å². The molecule has 0 atom stereocenters. The number of rotatable bonds is 2. The maximum atomic E-state index is 11.4. The number of fused-ring (bicyclic) bond motifs is 1. The van der Waals surface area contributed by atoms with Gasteiger partial charge in [-0.2, -0.15) is 0 Å². The number of nitrogens with zero attached hydrogens (tertiary/aromatic N) is 1. The van der Waals surface area contributed by atoms with Gasteiger partial charge in [-0.3, -0.25) is 0 Å². The van der Waals surface area contributed by atoms with E-state index >= 15 is 0 Å². The minimum absolute atomic E-state index is 0.372. The van der Waals surface area contributed by atoms with Gasteiger partial charge in [-0.25, -0.2) is 9.78 Å². The molecule has 0 saturated carbocycles. The zero-order valence-electron chi connectivity index (χ0n) is 10.9. The average molecular weight is 291 g/mol. The van der Waals surface area contributed by atoms with Crippen LogP contribution in [0.4, 0.5) is 0 Å².